The van der Waals surface area contributed by atoms with Crippen LogP contribution in [0.5, 0.6) is 0 Å². The maximum atomic E-state index is 9.51. The van der Waals surface area contributed by atoms with Crippen molar-refractivity contribution in [1.29, 1.82) is 0 Å². The Balaban J connectivity index is 0.00000196. The summed E-state index contributed by atoms with van der Waals surface area (Å²) in [6, 6.07) is 19.0. The molecule has 4 aromatic rings. The topological polar surface area (TPSA) is 72.7 Å². The fraction of sp³-hybridized carbons (Fsp3) is 0.238. The van der Waals surface area contributed by atoms with E-state index in [0.29, 0.717) is 6.54 Å². The SMILES string of the molecule is Cl.OCC(CO)(CO)NCc1ccc2ccc3cccc4ccc1c2c34. The molecule has 0 aliphatic rings. The molecule has 0 aliphatic heterocycles. The Labute approximate surface area is 157 Å². The lowest BCUT2D eigenvalue weighted by atomic mass is 9.91. The summed E-state index contributed by atoms with van der Waals surface area (Å²) >= 11 is 0. The molecule has 136 valence electrons. The fourth-order valence-electron chi connectivity index (χ4n) is 3.55. The van der Waals surface area contributed by atoms with Gasteiger partial charge in [-0.05, 0) is 37.9 Å². The minimum absolute atomic E-state index is 0. The van der Waals surface area contributed by atoms with Crippen molar-refractivity contribution >= 4 is 44.7 Å². The van der Waals surface area contributed by atoms with Crippen LogP contribution in [-0.2, 0) is 6.54 Å². The Kier molecular flexibility index (Phi) is 5.32. The molecule has 0 saturated carbocycles. The number of hydrogen-bond donors (Lipinski definition) is 4. The van der Waals surface area contributed by atoms with E-state index in [4.69, 9.17) is 0 Å². The van der Waals surface area contributed by atoms with Crippen molar-refractivity contribution in [3.8, 4) is 0 Å². The lowest BCUT2D eigenvalue weighted by molar-refractivity contribution is 0.0414. The molecule has 0 heterocycles. The maximum absolute atomic E-state index is 9.51. The molecule has 0 amide bonds. The van der Waals surface area contributed by atoms with Crippen LogP contribution in [0, 0.1) is 0 Å². The molecule has 0 aliphatic carbocycles. The third-order valence-electron chi connectivity index (χ3n) is 5.18. The lowest BCUT2D eigenvalue weighted by Gasteiger charge is -2.29. The zero-order valence-corrected chi connectivity index (χ0v) is 15.1. The predicted molar refractivity (Wildman–Crippen MR) is 108 cm³/mol. The van der Waals surface area contributed by atoms with Crippen LogP contribution >= 0.6 is 12.4 Å². The summed E-state index contributed by atoms with van der Waals surface area (Å²) in [5, 5.41) is 38.9. The highest BCUT2D eigenvalue weighted by atomic mass is 35.5. The summed E-state index contributed by atoms with van der Waals surface area (Å²) in [6.07, 6.45) is 0. The third kappa shape index (κ3) is 2.90. The Bertz CT molecular complexity index is 1010. The van der Waals surface area contributed by atoms with Gasteiger partial charge in [-0.1, -0.05) is 54.6 Å². The van der Waals surface area contributed by atoms with E-state index in [2.05, 4.69) is 59.9 Å². The zero-order valence-electron chi connectivity index (χ0n) is 14.3. The van der Waals surface area contributed by atoms with Gasteiger partial charge >= 0.3 is 0 Å². The smallest absolute Gasteiger partial charge is 0.0884 e. The molecule has 26 heavy (non-hydrogen) atoms. The van der Waals surface area contributed by atoms with Gasteiger partial charge in [0.05, 0.1) is 25.4 Å². The number of aliphatic hydroxyl groups excluding tert-OH is 3. The highest BCUT2D eigenvalue weighted by molar-refractivity contribution is 6.23. The van der Waals surface area contributed by atoms with Crippen molar-refractivity contribution < 1.29 is 15.3 Å². The van der Waals surface area contributed by atoms with Gasteiger partial charge < -0.3 is 20.6 Å². The van der Waals surface area contributed by atoms with Crippen molar-refractivity contribution in [2.45, 2.75) is 12.1 Å². The largest absolute Gasteiger partial charge is 0.394 e. The quantitative estimate of drug-likeness (QED) is 0.393. The number of nitrogens with one attached hydrogen (secondary N) is 1. The van der Waals surface area contributed by atoms with Crippen LogP contribution in [0.4, 0.5) is 0 Å². The van der Waals surface area contributed by atoms with Gasteiger partial charge in [-0.3, -0.25) is 0 Å². The number of halogens is 1. The van der Waals surface area contributed by atoms with Gasteiger partial charge in [-0.25, -0.2) is 0 Å². The first-order chi connectivity index (χ1) is 12.2. The van der Waals surface area contributed by atoms with Gasteiger partial charge in [-0.15, -0.1) is 12.4 Å². The monoisotopic (exact) mass is 371 g/mol. The number of hydrogen-bond acceptors (Lipinski definition) is 4. The van der Waals surface area contributed by atoms with Crippen LogP contribution < -0.4 is 5.32 Å². The van der Waals surface area contributed by atoms with E-state index >= 15 is 0 Å². The number of aliphatic hydroxyl groups is 3. The molecule has 0 unspecified atom stereocenters. The number of rotatable bonds is 6. The second-order valence-electron chi connectivity index (χ2n) is 6.69. The molecular formula is C21H22ClNO3. The second-order valence-corrected chi connectivity index (χ2v) is 6.69. The molecule has 4 aromatic carbocycles. The van der Waals surface area contributed by atoms with E-state index in [0.717, 1.165) is 10.9 Å². The molecule has 0 fully saturated rings. The first-order valence-electron chi connectivity index (χ1n) is 8.44. The van der Waals surface area contributed by atoms with Crippen LogP contribution in [0.15, 0.2) is 54.6 Å². The standard InChI is InChI=1S/C21H21NO3.ClH/c23-11-21(12-24,13-25)22-10-17-7-6-16-5-4-14-2-1-3-15-8-9-18(17)20(16)19(14)15;/h1-9,22-25H,10-13H2;1H. The van der Waals surface area contributed by atoms with Gasteiger partial charge in [-0.2, -0.15) is 0 Å². The molecule has 0 bridgehead atoms. The molecule has 0 saturated heterocycles. The molecule has 0 radical (unpaired) electrons. The average molecular weight is 372 g/mol. The molecule has 4 N–H and O–H groups in total. The Morgan fingerprint density at radius 1 is 0.692 bits per heavy atom. The molecule has 5 heteroatoms. The molecule has 0 aromatic heterocycles. The zero-order chi connectivity index (χ0) is 17.4. The Hall–Kier alpha value is -1.95. The normalized spacial score (nSPS) is 12.1. The predicted octanol–water partition coefficient (Wildman–Crippen LogP) is 2.81. The van der Waals surface area contributed by atoms with Gasteiger partial charge in [0.25, 0.3) is 0 Å². The summed E-state index contributed by atoms with van der Waals surface area (Å²) in [5.41, 5.74) is -0.00487. The molecule has 4 rings (SSSR count). The van der Waals surface area contributed by atoms with Gasteiger partial charge in [0.2, 0.25) is 0 Å². The maximum Gasteiger partial charge on any atom is 0.0884 e. The highest BCUT2D eigenvalue weighted by Gasteiger charge is 2.27. The minimum Gasteiger partial charge on any atom is -0.394 e. The lowest BCUT2D eigenvalue weighted by Crippen LogP contribution is -2.54. The first kappa shape index (κ1) is 18.8. The molecule has 4 nitrogen and oxygen atoms in total. The van der Waals surface area contributed by atoms with Crippen molar-refractivity contribution in [1.82, 2.24) is 5.32 Å². The van der Waals surface area contributed by atoms with E-state index in [1.807, 2.05) is 0 Å². The molecule has 0 atom stereocenters. The summed E-state index contributed by atoms with van der Waals surface area (Å²) < 4.78 is 0. The Morgan fingerprint density at radius 2 is 1.23 bits per heavy atom. The van der Waals surface area contributed by atoms with Gasteiger partial charge in [0.15, 0.2) is 0 Å². The van der Waals surface area contributed by atoms with Gasteiger partial charge in [0.1, 0.15) is 0 Å². The van der Waals surface area contributed by atoms with E-state index in [9.17, 15) is 15.3 Å². The van der Waals surface area contributed by atoms with Crippen LogP contribution in [-0.4, -0.2) is 40.7 Å². The minimum atomic E-state index is -1.08. The van der Waals surface area contributed by atoms with E-state index in [-0.39, 0.29) is 32.2 Å². The van der Waals surface area contributed by atoms with Crippen LogP contribution in [0.3, 0.4) is 0 Å². The summed E-state index contributed by atoms with van der Waals surface area (Å²) in [5.74, 6) is 0. The third-order valence-corrected chi connectivity index (χ3v) is 5.18. The fourth-order valence-corrected chi connectivity index (χ4v) is 3.55. The van der Waals surface area contributed by atoms with Crippen molar-refractivity contribution in [3.63, 3.8) is 0 Å². The molecule has 0 spiro atoms. The van der Waals surface area contributed by atoms with Crippen LogP contribution in [0.2, 0.25) is 0 Å². The van der Waals surface area contributed by atoms with Gasteiger partial charge in [0, 0.05) is 6.54 Å². The summed E-state index contributed by atoms with van der Waals surface area (Å²) in [6.45, 7) is -0.528. The summed E-state index contributed by atoms with van der Waals surface area (Å²) in [4.78, 5) is 0. The van der Waals surface area contributed by atoms with Crippen LogP contribution in [0.1, 0.15) is 5.56 Å². The van der Waals surface area contributed by atoms with Crippen LogP contribution in [0.25, 0.3) is 32.3 Å². The van der Waals surface area contributed by atoms with Crippen molar-refractivity contribution in [2.75, 3.05) is 19.8 Å². The molecular weight excluding hydrogens is 350 g/mol. The Morgan fingerprint density at radius 3 is 1.85 bits per heavy atom. The van der Waals surface area contributed by atoms with Crippen molar-refractivity contribution in [2.24, 2.45) is 0 Å². The average Bonchev–Trinajstić information content (AvgIpc) is 2.68. The van der Waals surface area contributed by atoms with E-state index in [1.165, 1.54) is 26.9 Å². The first-order valence-corrected chi connectivity index (χ1v) is 8.44. The van der Waals surface area contributed by atoms with E-state index in [1.54, 1.807) is 0 Å². The van der Waals surface area contributed by atoms with E-state index < -0.39 is 5.54 Å². The van der Waals surface area contributed by atoms with Crippen molar-refractivity contribution in [3.05, 3.63) is 60.2 Å². The summed E-state index contributed by atoms with van der Waals surface area (Å²) in [7, 11) is 0. The highest BCUT2D eigenvalue weighted by Crippen LogP contribution is 2.35. The second kappa shape index (κ2) is 7.35. The number of benzene rings is 4.